The lowest BCUT2D eigenvalue weighted by Gasteiger charge is -2.35. The minimum Gasteiger partial charge on any atom is -0.484 e. The highest BCUT2D eigenvalue weighted by molar-refractivity contribution is 5.78. The Balaban J connectivity index is 1.69. The molecule has 0 radical (unpaired) electrons. The smallest absolute Gasteiger partial charge is 0.258 e. The maximum Gasteiger partial charge on any atom is 0.258 e. The molecule has 0 unspecified atom stereocenters. The van der Waals surface area contributed by atoms with Crippen molar-refractivity contribution in [1.29, 1.82) is 0 Å². The molecule has 3 rings (SSSR count). The fraction of sp³-hybridized carbons (Fsp3) is 0.500. The normalized spacial score (nSPS) is 16.6. The van der Waals surface area contributed by atoms with Crippen molar-refractivity contribution in [1.82, 2.24) is 15.5 Å². The number of ether oxygens (including phenoxy) is 1. The van der Waals surface area contributed by atoms with Gasteiger partial charge in [0, 0.05) is 6.92 Å². The summed E-state index contributed by atoms with van der Waals surface area (Å²) < 4.78 is 10.8. The molecule has 128 valence electrons. The molecule has 0 saturated heterocycles. The molecule has 1 fully saturated rings. The zero-order chi connectivity index (χ0) is 17.0. The molecule has 1 heterocycles. The second-order valence-electron chi connectivity index (χ2n) is 6.38. The van der Waals surface area contributed by atoms with E-state index in [-0.39, 0.29) is 12.5 Å². The van der Waals surface area contributed by atoms with Gasteiger partial charge in [0.15, 0.2) is 12.4 Å². The van der Waals surface area contributed by atoms with E-state index in [2.05, 4.69) is 15.5 Å². The monoisotopic (exact) mass is 329 g/mol. The van der Waals surface area contributed by atoms with Crippen molar-refractivity contribution in [2.75, 3.05) is 6.61 Å². The van der Waals surface area contributed by atoms with Gasteiger partial charge in [0.05, 0.1) is 0 Å². The average Bonchev–Trinajstić information content (AvgIpc) is 3.02. The van der Waals surface area contributed by atoms with Crippen LogP contribution < -0.4 is 10.1 Å². The third-order valence-electron chi connectivity index (χ3n) is 4.49. The first-order chi connectivity index (χ1) is 11.6. The third-order valence-corrected chi connectivity index (χ3v) is 4.49. The molecule has 0 atom stereocenters. The largest absolute Gasteiger partial charge is 0.484 e. The summed E-state index contributed by atoms with van der Waals surface area (Å²) in [6.45, 7) is 3.69. The van der Waals surface area contributed by atoms with Crippen molar-refractivity contribution in [3.8, 4) is 5.75 Å². The van der Waals surface area contributed by atoms with E-state index in [1.807, 2.05) is 31.2 Å². The van der Waals surface area contributed by atoms with Crippen LogP contribution in [0.25, 0.3) is 0 Å². The zero-order valence-corrected chi connectivity index (χ0v) is 14.2. The van der Waals surface area contributed by atoms with Crippen LogP contribution in [-0.2, 0) is 10.3 Å². The lowest BCUT2D eigenvalue weighted by atomic mass is 9.81. The van der Waals surface area contributed by atoms with E-state index < -0.39 is 5.54 Å². The fourth-order valence-electron chi connectivity index (χ4n) is 3.22. The van der Waals surface area contributed by atoms with Gasteiger partial charge in [-0.25, -0.2) is 0 Å². The van der Waals surface area contributed by atoms with Crippen molar-refractivity contribution in [2.45, 2.75) is 51.5 Å². The number of nitrogens with zero attached hydrogens (tertiary/aromatic N) is 2. The highest BCUT2D eigenvalue weighted by atomic mass is 16.5. The fourth-order valence-corrected chi connectivity index (χ4v) is 3.22. The SMILES string of the molecule is Cc1nc(C2(NC(=O)COc3ccccc3C)CCCCC2)no1. The summed E-state index contributed by atoms with van der Waals surface area (Å²) in [5.74, 6) is 1.65. The van der Waals surface area contributed by atoms with Crippen LogP contribution in [0.5, 0.6) is 5.75 Å². The number of para-hydroxylation sites is 1. The molecule has 1 aromatic heterocycles. The van der Waals surface area contributed by atoms with Crippen LogP contribution in [0.1, 0.15) is 49.4 Å². The van der Waals surface area contributed by atoms with Gasteiger partial charge in [-0.05, 0) is 31.4 Å². The highest BCUT2D eigenvalue weighted by Crippen LogP contribution is 2.35. The second-order valence-corrected chi connectivity index (χ2v) is 6.38. The third kappa shape index (κ3) is 3.58. The van der Waals surface area contributed by atoms with E-state index in [0.717, 1.165) is 43.4 Å². The van der Waals surface area contributed by atoms with Gasteiger partial charge in [0.1, 0.15) is 11.3 Å². The molecule has 0 bridgehead atoms. The van der Waals surface area contributed by atoms with E-state index in [0.29, 0.717) is 11.7 Å². The van der Waals surface area contributed by atoms with Crippen LogP contribution >= 0.6 is 0 Å². The molecule has 2 aromatic rings. The van der Waals surface area contributed by atoms with Crippen molar-refractivity contribution < 1.29 is 14.1 Å². The minimum atomic E-state index is -0.539. The van der Waals surface area contributed by atoms with Gasteiger partial charge < -0.3 is 14.6 Å². The van der Waals surface area contributed by atoms with E-state index in [1.54, 1.807) is 6.92 Å². The van der Waals surface area contributed by atoms with Gasteiger partial charge in [-0.15, -0.1) is 0 Å². The first-order valence-electron chi connectivity index (χ1n) is 8.39. The molecule has 1 saturated carbocycles. The molecule has 1 amide bonds. The molecule has 24 heavy (non-hydrogen) atoms. The number of rotatable bonds is 5. The van der Waals surface area contributed by atoms with Crippen LogP contribution in [0.2, 0.25) is 0 Å². The molecular weight excluding hydrogens is 306 g/mol. The Morgan fingerprint density at radius 3 is 2.67 bits per heavy atom. The standard InChI is InChI=1S/C18H23N3O3/c1-13-8-4-5-9-15(13)23-12-16(22)20-18(10-6-3-7-11-18)17-19-14(2)24-21-17/h4-5,8-9H,3,6-7,10-12H2,1-2H3,(H,20,22). The Morgan fingerprint density at radius 1 is 1.25 bits per heavy atom. The van der Waals surface area contributed by atoms with Gasteiger partial charge in [0.2, 0.25) is 5.89 Å². The Labute approximate surface area is 141 Å². The van der Waals surface area contributed by atoms with Gasteiger partial charge in [-0.2, -0.15) is 4.98 Å². The lowest BCUT2D eigenvalue weighted by Crippen LogP contribution is -2.49. The first kappa shape index (κ1) is 16.5. The first-order valence-corrected chi connectivity index (χ1v) is 8.39. The molecule has 1 N–H and O–H groups in total. The number of hydrogen-bond donors (Lipinski definition) is 1. The maximum atomic E-state index is 12.5. The maximum absolute atomic E-state index is 12.5. The number of carbonyl (C=O) groups is 1. The number of nitrogens with one attached hydrogen (secondary N) is 1. The summed E-state index contributed by atoms with van der Waals surface area (Å²) in [4.78, 5) is 16.8. The van der Waals surface area contributed by atoms with Crippen molar-refractivity contribution >= 4 is 5.91 Å². The Hall–Kier alpha value is -2.37. The van der Waals surface area contributed by atoms with E-state index in [1.165, 1.54) is 0 Å². The van der Waals surface area contributed by atoms with Gasteiger partial charge >= 0.3 is 0 Å². The number of aromatic nitrogens is 2. The van der Waals surface area contributed by atoms with Crippen LogP contribution in [0, 0.1) is 13.8 Å². The molecule has 1 aliphatic carbocycles. The van der Waals surface area contributed by atoms with E-state index in [4.69, 9.17) is 9.26 Å². The minimum absolute atomic E-state index is 0.0244. The summed E-state index contributed by atoms with van der Waals surface area (Å²) in [7, 11) is 0. The number of benzene rings is 1. The van der Waals surface area contributed by atoms with Gasteiger partial charge in [-0.3, -0.25) is 4.79 Å². The van der Waals surface area contributed by atoms with Crippen LogP contribution in [0.3, 0.4) is 0 Å². The van der Waals surface area contributed by atoms with Gasteiger partial charge in [-0.1, -0.05) is 42.6 Å². The molecule has 6 heteroatoms. The molecule has 1 aromatic carbocycles. The summed E-state index contributed by atoms with van der Waals surface area (Å²) >= 11 is 0. The second kappa shape index (κ2) is 7.03. The summed E-state index contributed by atoms with van der Waals surface area (Å²) in [5.41, 5.74) is 0.466. The zero-order valence-electron chi connectivity index (χ0n) is 14.2. The quantitative estimate of drug-likeness (QED) is 0.912. The van der Waals surface area contributed by atoms with Gasteiger partial charge in [0.25, 0.3) is 5.91 Å². The highest BCUT2D eigenvalue weighted by Gasteiger charge is 2.39. The Bertz CT molecular complexity index is 705. The van der Waals surface area contributed by atoms with E-state index >= 15 is 0 Å². The van der Waals surface area contributed by atoms with Crippen molar-refractivity contribution in [3.63, 3.8) is 0 Å². The predicted octanol–water partition coefficient (Wildman–Crippen LogP) is 3.04. The topological polar surface area (TPSA) is 77.2 Å². The molecular formula is C18H23N3O3. The van der Waals surface area contributed by atoms with E-state index in [9.17, 15) is 4.79 Å². The molecule has 0 spiro atoms. The number of hydrogen-bond acceptors (Lipinski definition) is 5. The molecule has 0 aliphatic heterocycles. The molecule has 6 nitrogen and oxygen atoms in total. The predicted molar refractivity (Wildman–Crippen MR) is 88.6 cm³/mol. The number of aryl methyl sites for hydroxylation is 2. The number of amides is 1. The van der Waals surface area contributed by atoms with Crippen molar-refractivity contribution in [2.24, 2.45) is 0 Å². The summed E-state index contributed by atoms with van der Waals surface area (Å²) in [5, 5.41) is 7.16. The summed E-state index contributed by atoms with van der Waals surface area (Å²) in [6, 6.07) is 7.66. The van der Waals surface area contributed by atoms with Crippen molar-refractivity contribution in [3.05, 3.63) is 41.5 Å². The van der Waals surface area contributed by atoms with Crippen LogP contribution in [-0.4, -0.2) is 22.7 Å². The Kier molecular flexibility index (Phi) is 4.83. The summed E-state index contributed by atoms with van der Waals surface area (Å²) in [6.07, 6.45) is 4.87. The lowest BCUT2D eigenvalue weighted by molar-refractivity contribution is -0.125. The van der Waals surface area contributed by atoms with Crippen LogP contribution in [0.15, 0.2) is 28.8 Å². The molecule has 1 aliphatic rings. The average molecular weight is 329 g/mol. The number of carbonyl (C=O) groups excluding carboxylic acids is 1. The Morgan fingerprint density at radius 2 is 2.00 bits per heavy atom. The van der Waals surface area contributed by atoms with Crippen LogP contribution in [0.4, 0.5) is 0 Å².